The molecule has 1 rings (SSSR count). The Morgan fingerprint density at radius 1 is 1.39 bits per heavy atom. The first-order valence-electron chi connectivity index (χ1n) is 6.96. The van der Waals surface area contributed by atoms with Crippen LogP contribution in [0, 0.1) is 12.8 Å². The Morgan fingerprint density at radius 2 is 2.17 bits per heavy atom. The van der Waals surface area contributed by atoms with Crippen LogP contribution in [-0.2, 0) is 0 Å². The standard InChI is InChI=1S/C14H26N4/c1-4-6-7-12(5-2)10-14(18-15)13-8-9-16-11(3)17-13/h8-9,12,14,18H,4-7,10,15H2,1-3H3. The van der Waals surface area contributed by atoms with E-state index in [1.54, 1.807) is 6.20 Å². The zero-order chi connectivity index (χ0) is 13.4. The van der Waals surface area contributed by atoms with Gasteiger partial charge in [-0.15, -0.1) is 0 Å². The van der Waals surface area contributed by atoms with E-state index >= 15 is 0 Å². The molecule has 4 nitrogen and oxygen atoms in total. The maximum Gasteiger partial charge on any atom is 0.125 e. The molecule has 0 aliphatic rings. The number of nitrogens with two attached hydrogens (primary N) is 1. The minimum Gasteiger partial charge on any atom is -0.271 e. The van der Waals surface area contributed by atoms with Crippen molar-refractivity contribution in [1.82, 2.24) is 15.4 Å². The summed E-state index contributed by atoms with van der Waals surface area (Å²) in [4.78, 5) is 8.58. The lowest BCUT2D eigenvalue weighted by Gasteiger charge is -2.21. The van der Waals surface area contributed by atoms with Crippen molar-refractivity contribution in [3.63, 3.8) is 0 Å². The summed E-state index contributed by atoms with van der Waals surface area (Å²) >= 11 is 0. The molecule has 0 spiro atoms. The number of aromatic nitrogens is 2. The molecule has 1 heterocycles. The molecule has 0 amide bonds. The van der Waals surface area contributed by atoms with Crippen LogP contribution in [0.1, 0.15) is 63.5 Å². The number of aryl methyl sites for hydroxylation is 1. The van der Waals surface area contributed by atoms with Gasteiger partial charge in [0.05, 0.1) is 11.7 Å². The van der Waals surface area contributed by atoms with E-state index in [4.69, 9.17) is 5.84 Å². The smallest absolute Gasteiger partial charge is 0.125 e. The van der Waals surface area contributed by atoms with Crippen molar-refractivity contribution >= 4 is 0 Å². The number of nitrogens with one attached hydrogen (secondary N) is 1. The highest BCUT2D eigenvalue weighted by Gasteiger charge is 2.17. The average Bonchev–Trinajstić information content (AvgIpc) is 2.39. The summed E-state index contributed by atoms with van der Waals surface area (Å²) in [5, 5.41) is 0. The molecule has 0 saturated carbocycles. The van der Waals surface area contributed by atoms with Crippen molar-refractivity contribution in [2.75, 3.05) is 0 Å². The molecule has 0 bridgehead atoms. The van der Waals surface area contributed by atoms with Crippen molar-refractivity contribution in [2.45, 2.75) is 58.9 Å². The summed E-state index contributed by atoms with van der Waals surface area (Å²) in [5.74, 6) is 7.19. The van der Waals surface area contributed by atoms with Gasteiger partial charge in [0.1, 0.15) is 5.82 Å². The molecule has 0 aliphatic carbocycles. The minimum atomic E-state index is 0.133. The molecule has 1 aromatic rings. The van der Waals surface area contributed by atoms with Crippen LogP contribution in [0.2, 0.25) is 0 Å². The summed E-state index contributed by atoms with van der Waals surface area (Å²) in [6, 6.07) is 2.08. The lowest BCUT2D eigenvalue weighted by molar-refractivity contribution is 0.352. The molecular formula is C14H26N4. The highest BCUT2D eigenvalue weighted by atomic mass is 15.2. The van der Waals surface area contributed by atoms with Gasteiger partial charge in [-0.3, -0.25) is 11.3 Å². The average molecular weight is 250 g/mol. The second-order valence-electron chi connectivity index (χ2n) is 4.90. The van der Waals surface area contributed by atoms with Crippen LogP contribution in [-0.4, -0.2) is 9.97 Å². The van der Waals surface area contributed by atoms with Gasteiger partial charge in [-0.25, -0.2) is 9.97 Å². The first-order valence-corrected chi connectivity index (χ1v) is 6.96. The van der Waals surface area contributed by atoms with E-state index in [0.717, 1.165) is 17.9 Å². The Kier molecular flexibility index (Phi) is 6.83. The van der Waals surface area contributed by atoms with Gasteiger partial charge < -0.3 is 0 Å². The Bertz CT molecular complexity index is 340. The zero-order valence-electron chi connectivity index (χ0n) is 11.8. The number of nitrogens with zero attached hydrogens (tertiary/aromatic N) is 2. The summed E-state index contributed by atoms with van der Waals surface area (Å²) in [7, 11) is 0. The topological polar surface area (TPSA) is 63.8 Å². The lowest BCUT2D eigenvalue weighted by Crippen LogP contribution is -2.30. The van der Waals surface area contributed by atoms with Gasteiger partial charge >= 0.3 is 0 Å². The molecule has 0 radical (unpaired) electrons. The predicted molar refractivity (Wildman–Crippen MR) is 74.8 cm³/mol. The quantitative estimate of drug-likeness (QED) is 0.550. The lowest BCUT2D eigenvalue weighted by atomic mass is 9.91. The number of hydrogen-bond donors (Lipinski definition) is 2. The summed E-state index contributed by atoms with van der Waals surface area (Å²) in [5.41, 5.74) is 3.90. The van der Waals surface area contributed by atoms with E-state index in [9.17, 15) is 0 Å². The molecule has 2 atom stereocenters. The van der Waals surface area contributed by atoms with Crippen molar-refractivity contribution < 1.29 is 0 Å². The maximum absolute atomic E-state index is 5.68. The van der Waals surface area contributed by atoms with Crippen molar-refractivity contribution in [1.29, 1.82) is 0 Å². The zero-order valence-corrected chi connectivity index (χ0v) is 11.8. The first kappa shape index (κ1) is 15.1. The van der Waals surface area contributed by atoms with E-state index in [-0.39, 0.29) is 6.04 Å². The van der Waals surface area contributed by atoms with E-state index in [1.807, 2.05) is 13.0 Å². The van der Waals surface area contributed by atoms with Gasteiger partial charge in [-0.05, 0) is 25.3 Å². The molecule has 4 heteroatoms. The van der Waals surface area contributed by atoms with Crippen LogP contribution in [0.4, 0.5) is 0 Å². The van der Waals surface area contributed by atoms with Crippen LogP contribution in [0.5, 0.6) is 0 Å². The fourth-order valence-corrected chi connectivity index (χ4v) is 2.26. The normalized spacial score (nSPS) is 14.4. The van der Waals surface area contributed by atoms with Gasteiger partial charge in [0.25, 0.3) is 0 Å². The van der Waals surface area contributed by atoms with Crippen LogP contribution in [0.3, 0.4) is 0 Å². The molecule has 102 valence electrons. The molecule has 0 aromatic carbocycles. The van der Waals surface area contributed by atoms with E-state index in [0.29, 0.717) is 5.92 Å². The summed E-state index contributed by atoms with van der Waals surface area (Å²) in [6.07, 6.45) is 7.86. The van der Waals surface area contributed by atoms with Crippen molar-refractivity contribution in [3.8, 4) is 0 Å². The Balaban J connectivity index is 2.65. The number of rotatable bonds is 8. The Labute approximate surface area is 110 Å². The first-order chi connectivity index (χ1) is 8.71. The van der Waals surface area contributed by atoms with Crippen LogP contribution in [0.15, 0.2) is 12.3 Å². The van der Waals surface area contributed by atoms with Gasteiger partial charge in [-0.2, -0.15) is 0 Å². The predicted octanol–water partition coefficient (Wildman–Crippen LogP) is 2.90. The van der Waals surface area contributed by atoms with Gasteiger partial charge in [0.2, 0.25) is 0 Å². The third-order valence-electron chi connectivity index (χ3n) is 3.47. The second-order valence-corrected chi connectivity index (χ2v) is 4.90. The molecule has 0 fully saturated rings. The third kappa shape index (κ3) is 4.70. The number of hydrazine groups is 1. The Hall–Kier alpha value is -1.00. The number of hydrogen-bond acceptors (Lipinski definition) is 4. The second kappa shape index (κ2) is 8.16. The summed E-state index contributed by atoms with van der Waals surface area (Å²) < 4.78 is 0. The molecule has 3 N–H and O–H groups in total. The van der Waals surface area contributed by atoms with Crippen molar-refractivity contribution in [2.24, 2.45) is 11.8 Å². The maximum atomic E-state index is 5.68. The highest BCUT2D eigenvalue weighted by Crippen LogP contribution is 2.25. The molecule has 0 aliphatic heterocycles. The molecule has 18 heavy (non-hydrogen) atoms. The SMILES string of the molecule is CCCCC(CC)CC(NN)c1ccnc(C)n1. The highest BCUT2D eigenvalue weighted by molar-refractivity contribution is 5.07. The van der Waals surface area contributed by atoms with Crippen molar-refractivity contribution in [3.05, 3.63) is 23.8 Å². The molecule has 2 unspecified atom stereocenters. The van der Waals surface area contributed by atoms with Gasteiger partial charge in [0.15, 0.2) is 0 Å². The fraction of sp³-hybridized carbons (Fsp3) is 0.714. The van der Waals surface area contributed by atoms with Gasteiger partial charge in [0, 0.05) is 6.20 Å². The third-order valence-corrected chi connectivity index (χ3v) is 3.47. The van der Waals surface area contributed by atoms with E-state index in [1.165, 1.54) is 25.7 Å². The van der Waals surface area contributed by atoms with E-state index < -0.39 is 0 Å². The largest absolute Gasteiger partial charge is 0.271 e. The summed E-state index contributed by atoms with van der Waals surface area (Å²) in [6.45, 7) is 6.39. The molecular weight excluding hydrogens is 224 g/mol. The van der Waals surface area contributed by atoms with Crippen LogP contribution < -0.4 is 11.3 Å². The Morgan fingerprint density at radius 3 is 2.72 bits per heavy atom. The molecule has 0 saturated heterocycles. The minimum absolute atomic E-state index is 0.133. The fourth-order valence-electron chi connectivity index (χ4n) is 2.26. The van der Waals surface area contributed by atoms with E-state index in [2.05, 4.69) is 29.2 Å². The van der Waals surface area contributed by atoms with Crippen LogP contribution in [0.25, 0.3) is 0 Å². The molecule has 1 aromatic heterocycles. The number of unbranched alkanes of at least 4 members (excludes halogenated alkanes) is 1. The van der Waals surface area contributed by atoms with Crippen LogP contribution >= 0.6 is 0 Å². The van der Waals surface area contributed by atoms with Gasteiger partial charge in [-0.1, -0.05) is 39.5 Å². The monoisotopic (exact) mass is 250 g/mol.